The zero-order chi connectivity index (χ0) is 13.3. The van der Waals surface area contributed by atoms with Crippen molar-refractivity contribution < 1.29 is 4.80 Å². The zero-order valence-electron chi connectivity index (χ0n) is 11.3. The molecule has 1 aromatic rings. The Kier molecular flexibility index (Phi) is 4.19. The summed E-state index contributed by atoms with van der Waals surface area (Å²) in [7, 11) is -2.12. The predicted octanol–water partition coefficient (Wildman–Crippen LogP) is 4.15. The Morgan fingerprint density at radius 1 is 1.39 bits per heavy atom. The van der Waals surface area contributed by atoms with E-state index in [1.165, 1.54) is 11.3 Å². The van der Waals surface area contributed by atoms with Crippen molar-refractivity contribution in [3.8, 4) is 0 Å². The molecule has 0 bridgehead atoms. The number of nitrogens with one attached hydrogen (secondary N) is 1. The predicted molar refractivity (Wildman–Crippen MR) is 83.6 cm³/mol. The van der Waals surface area contributed by atoms with Crippen LogP contribution in [0, 0.1) is 0 Å². The van der Waals surface area contributed by atoms with Gasteiger partial charge in [-0.05, 0) is 49.2 Å². The monoisotopic (exact) mass is 327 g/mol. The highest BCUT2D eigenvalue weighted by molar-refractivity contribution is 9.10. The minimum atomic E-state index is -2.12. The average Bonchev–Trinajstić information content (AvgIpc) is 2.37. The molecule has 18 heavy (non-hydrogen) atoms. The largest absolute Gasteiger partial charge is 0.431 e. The van der Waals surface area contributed by atoms with Crippen molar-refractivity contribution in [1.82, 2.24) is 0 Å². The van der Waals surface area contributed by atoms with Crippen LogP contribution in [0.1, 0.15) is 26.3 Å². The van der Waals surface area contributed by atoms with E-state index in [-0.39, 0.29) is 0 Å². The molecule has 1 aliphatic rings. The van der Waals surface area contributed by atoms with E-state index in [9.17, 15) is 4.80 Å². The van der Waals surface area contributed by atoms with E-state index in [1.54, 1.807) is 0 Å². The maximum absolute atomic E-state index is 10.9. The van der Waals surface area contributed by atoms with E-state index < -0.39 is 8.32 Å². The SMILES string of the molecule is CC[Si](O)(CC)C1Cc2cc(Br)ccc2NC1C. The highest BCUT2D eigenvalue weighted by atomic mass is 79.9. The smallest absolute Gasteiger partial charge is 0.193 e. The Bertz CT molecular complexity index is 434. The summed E-state index contributed by atoms with van der Waals surface area (Å²) in [5, 5.41) is 3.57. The minimum Gasteiger partial charge on any atom is -0.431 e. The summed E-state index contributed by atoms with van der Waals surface area (Å²) < 4.78 is 1.12. The summed E-state index contributed by atoms with van der Waals surface area (Å²) in [5.74, 6) is 0. The molecule has 100 valence electrons. The van der Waals surface area contributed by atoms with Crippen molar-refractivity contribution >= 4 is 29.9 Å². The maximum Gasteiger partial charge on any atom is 0.193 e. The van der Waals surface area contributed by atoms with Crippen molar-refractivity contribution in [2.45, 2.75) is 50.9 Å². The van der Waals surface area contributed by atoms with Crippen LogP contribution < -0.4 is 5.32 Å². The lowest BCUT2D eigenvalue weighted by Crippen LogP contribution is -2.48. The summed E-state index contributed by atoms with van der Waals surface area (Å²) in [6, 6.07) is 8.65. The Balaban J connectivity index is 2.32. The molecule has 1 heterocycles. The van der Waals surface area contributed by atoms with E-state index in [0.29, 0.717) is 11.6 Å². The fourth-order valence-electron chi connectivity index (χ4n) is 3.06. The van der Waals surface area contributed by atoms with Crippen molar-refractivity contribution in [2.24, 2.45) is 0 Å². The van der Waals surface area contributed by atoms with Crippen molar-refractivity contribution in [3.63, 3.8) is 0 Å². The fourth-order valence-corrected chi connectivity index (χ4v) is 6.63. The fraction of sp³-hybridized carbons (Fsp3) is 0.571. The van der Waals surface area contributed by atoms with E-state index in [4.69, 9.17) is 0 Å². The lowest BCUT2D eigenvalue weighted by Gasteiger charge is -2.41. The molecule has 4 heteroatoms. The Hall–Kier alpha value is -0.323. The zero-order valence-corrected chi connectivity index (χ0v) is 13.9. The first kappa shape index (κ1) is 14.1. The van der Waals surface area contributed by atoms with Gasteiger partial charge in [-0.15, -0.1) is 0 Å². The molecule has 0 radical (unpaired) electrons. The number of halogens is 1. The number of fused-ring (bicyclic) bond motifs is 1. The molecule has 0 spiro atoms. The van der Waals surface area contributed by atoms with Crippen LogP contribution in [0.15, 0.2) is 22.7 Å². The first-order valence-corrected chi connectivity index (χ1v) is 10.0. The highest BCUT2D eigenvalue weighted by Gasteiger charge is 2.42. The summed E-state index contributed by atoms with van der Waals surface area (Å²) in [5.41, 5.74) is 2.97. The van der Waals surface area contributed by atoms with Gasteiger partial charge in [-0.3, -0.25) is 0 Å². The molecule has 0 saturated heterocycles. The summed E-state index contributed by atoms with van der Waals surface area (Å²) in [4.78, 5) is 10.9. The molecule has 0 aliphatic carbocycles. The molecule has 0 saturated carbocycles. The Morgan fingerprint density at radius 3 is 2.67 bits per heavy atom. The van der Waals surface area contributed by atoms with Gasteiger partial charge in [0.15, 0.2) is 8.32 Å². The van der Waals surface area contributed by atoms with Gasteiger partial charge >= 0.3 is 0 Å². The van der Waals surface area contributed by atoms with Crippen LogP contribution in [-0.4, -0.2) is 19.2 Å². The quantitative estimate of drug-likeness (QED) is 0.817. The Morgan fingerprint density at radius 2 is 2.06 bits per heavy atom. The molecule has 0 aromatic heterocycles. The van der Waals surface area contributed by atoms with Gasteiger partial charge in [-0.2, -0.15) is 0 Å². The van der Waals surface area contributed by atoms with Crippen LogP contribution in [0.4, 0.5) is 5.69 Å². The summed E-state index contributed by atoms with van der Waals surface area (Å²) in [6.07, 6.45) is 1.01. The third-order valence-corrected chi connectivity index (χ3v) is 9.44. The first-order valence-electron chi connectivity index (χ1n) is 6.77. The molecule has 2 rings (SSSR count). The third-order valence-electron chi connectivity index (χ3n) is 4.41. The lowest BCUT2D eigenvalue weighted by molar-refractivity contribution is 0.476. The molecule has 2 atom stereocenters. The molecular formula is C14H22BrNOSi. The van der Waals surface area contributed by atoms with Crippen LogP contribution in [0.2, 0.25) is 17.6 Å². The van der Waals surface area contributed by atoms with E-state index >= 15 is 0 Å². The number of anilines is 1. The minimum absolute atomic E-state index is 0.371. The van der Waals surface area contributed by atoms with E-state index in [0.717, 1.165) is 23.0 Å². The third kappa shape index (κ3) is 2.51. The molecular weight excluding hydrogens is 306 g/mol. The molecule has 2 N–H and O–H groups in total. The molecule has 2 nitrogen and oxygen atoms in total. The molecule has 0 fully saturated rings. The van der Waals surface area contributed by atoms with Gasteiger partial charge in [-0.1, -0.05) is 29.8 Å². The normalized spacial score (nSPS) is 23.4. The second-order valence-electron chi connectivity index (χ2n) is 5.36. The average molecular weight is 328 g/mol. The van der Waals surface area contributed by atoms with Gasteiger partial charge in [0, 0.05) is 21.7 Å². The summed E-state index contributed by atoms with van der Waals surface area (Å²) in [6.45, 7) is 6.48. The van der Waals surface area contributed by atoms with E-state index in [2.05, 4.69) is 60.2 Å². The van der Waals surface area contributed by atoms with Crippen LogP contribution in [0.25, 0.3) is 0 Å². The number of hydrogen-bond acceptors (Lipinski definition) is 2. The lowest BCUT2D eigenvalue weighted by atomic mass is 9.98. The second kappa shape index (κ2) is 5.35. The summed E-state index contributed by atoms with van der Waals surface area (Å²) >= 11 is 3.53. The maximum atomic E-state index is 10.9. The topological polar surface area (TPSA) is 32.3 Å². The highest BCUT2D eigenvalue weighted by Crippen LogP contribution is 2.40. The van der Waals surface area contributed by atoms with Gasteiger partial charge in [0.05, 0.1) is 0 Å². The molecule has 2 unspecified atom stereocenters. The van der Waals surface area contributed by atoms with Crippen molar-refractivity contribution in [1.29, 1.82) is 0 Å². The number of rotatable bonds is 3. The van der Waals surface area contributed by atoms with Crippen LogP contribution in [0.3, 0.4) is 0 Å². The van der Waals surface area contributed by atoms with Crippen molar-refractivity contribution in [2.75, 3.05) is 5.32 Å². The number of benzene rings is 1. The van der Waals surface area contributed by atoms with Crippen LogP contribution in [-0.2, 0) is 6.42 Å². The van der Waals surface area contributed by atoms with Crippen LogP contribution in [0.5, 0.6) is 0 Å². The number of hydrogen-bond donors (Lipinski definition) is 2. The van der Waals surface area contributed by atoms with Gasteiger partial charge in [0.25, 0.3) is 0 Å². The second-order valence-corrected chi connectivity index (χ2v) is 10.6. The first-order chi connectivity index (χ1) is 8.50. The van der Waals surface area contributed by atoms with Gasteiger partial charge in [0.2, 0.25) is 0 Å². The van der Waals surface area contributed by atoms with Gasteiger partial charge in [-0.25, -0.2) is 0 Å². The molecule has 1 aromatic carbocycles. The Labute approximate surface area is 119 Å². The standard InChI is InChI=1S/C14H22BrNOSi/c1-4-18(17,5-2)14-9-11-8-12(15)6-7-13(11)16-10(14)3/h6-8,10,14,16-17H,4-5,9H2,1-3H3. The van der Waals surface area contributed by atoms with Gasteiger partial charge < -0.3 is 10.1 Å². The van der Waals surface area contributed by atoms with Crippen molar-refractivity contribution in [3.05, 3.63) is 28.2 Å². The van der Waals surface area contributed by atoms with E-state index in [1.807, 2.05) is 0 Å². The molecule has 0 amide bonds. The van der Waals surface area contributed by atoms with Gasteiger partial charge in [0.1, 0.15) is 0 Å². The van der Waals surface area contributed by atoms with Crippen LogP contribution >= 0.6 is 15.9 Å². The molecule has 1 aliphatic heterocycles.